The van der Waals surface area contributed by atoms with Gasteiger partial charge in [-0.15, -0.1) is 0 Å². The Balaban J connectivity index is 0.00000126. The van der Waals surface area contributed by atoms with Crippen LogP contribution in [0.4, 0.5) is 11.5 Å². The van der Waals surface area contributed by atoms with Crippen LogP contribution in [-0.2, 0) is 11.3 Å². The Labute approximate surface area is 159 Å². The molecule has 142 valence electrons. The minimum Gasteiger partial charge on any atom is -0.383 e. The van der Waals surface area contributed by atoms with Crippen LogP contribution in [0.1, 0.15) is 25.1 Å². The van der Waals surface area contributed by atoms with E-state index in [1.165, 1.54) is 6.33 Å². The van der Waals surface area contributed by atoms with E-state index in [9.17, 15) is 4.79 Å². The molecule has 2 N–H and O–H groups in total. The number of anilines is 2. The van der Waals surface area contributed by atoms with E-state index in [1.54, 1.807) is 4.68 Å². The average Bonchev–Trinajstić information content (AvgIpc) is 3.00. The maximum Gasteiger partial charge on any atom is 0.163 e. The number of nitrogens with two attached hydrogens (primary N) is 1. The smallest absolute Gasteiger partial charge is 0.163 e. The van der Waals surface area contributed by atoms with Gasteiger partial charge >= 0.3 is 0 Å². The van der Waals surface area contributed by atoms with Crippen LogP contribution in [0.2, 0.25) is 0 Å². The average molecular weight is 366 g/mol. The first kappa shape index (κ1) is 20.1. The molecule has 0 spiro atoms. The lowest BCUT2D eigenvalue weighted by atomic mass is 10.1. The number of aryl methyl sites for hydroxylation is 1. The number of para-hydroxylation sites is 1. The topological polar surface area (TPSA) is 89.9 Å². The molecule has 27 heavy (non-hydrogen) atoms. The fourth-order valence-corrected chi connectivity index (χ4v) is 2.83. The second-order valence-corrected chi connectivity index (χ2v) is 5.99. The van der Waals surface area contributed by atoms with E-state index in [4.69, 9.17) is 5.73 Å². The zero-order valence-electron chi connectivity index (χ0n) is 16.5. The zero-order valence-corrected chi connectivity index (χ0v) is 16.5. The number of nitrogens with zero attached hydrogens (tertiary/aromatic N) is 5. The molecule has 0 saturated heterocycles. The normalized spacial score (nSPS) is 11.1. The number of rotatable bonds is 5. The van der Waals surface area contributed by atoms with Crippen LogP contribution in [-0.4, -0.2) is 40.1 Å². The van der Waals surface area contributed by atoms with Gasteiger partial charge in [0.15, 0.2) is 5.65 Å². The summed E-state index contributed by atoms with van der Waals surface area (Å²) in [5.41, 5.74) is 9.88. The molecule has 7 heteroatoms. The summed E-state index contributed by atoms with van der Waals surface area (Å²) >= 11 is 0. The molecular weight excluding hydrogens is 340 g/mol. The van der Waals surface area contributed by atoms with Crippen molar-refractivity contribution >= 4 is 34.9 Å². The number of hydrogen-bond donors (Lipinski definition) is 1. The molecule has 0 amide bonds. The molecule has 0 radical (unpaired) electrons. The fraction of sp³-hybridized carbons (Fsp3) is 0.300. The molecule has 0 fully saturated rings. The van der Waals surface area contributed by atoms with E-state index in [2.05, 4.69) is 15.1 Å². The molecule has 1 aromatic carbocycles. The van der Waals surface area contributed by atoms with E-state index < -0.39 is 0 Å². The van der Waals surface area contributed by atoms with Gasteiger partial charge in [-0.3, -0.25) is 4.79 Å². The van der Waals surface area contributed by atoms with E-state index in [0.29, 0.717) is 23.6 Å². The second-order valence-electron chi connectivity index (χ2n) is 5.99. The van der Waals surface area contributed by atoms with Gasteiger partial charge in [-0.1, -0.05) is 32.0 Å². The Bertz CT molecular complexity index is 958. The summed E-state index contributed by atoms with van der Waals surface area (Å²) in [4.78, 5) is 21.9. The number of carbonyl (C=O) groups is 1. The monoisotopic (exact) mass is 366 g/mol. The molecule has 0 aliphatic rings. The van der Waals surface area contributed by atoms with Gasteiger partial charge in [0, 0.05) is 25.4 Å². The van der Waals surface area contributed by atoms with Gasteiger partial charge in [0.2, 0.25) is 0 Å². The number of fused-ring (bicyclic) bond motifs is 1. The highest BCUT2D eigenvalue weighted by atomic mass is 16.1. The number of allylic oxidation sites excluding steroid dienone is 1. The molecule has 0 atom stereocenters. The van der Waals surface area contributed by atoms with Gasteiger partial charge in [0.25, 0.3) is 0 Å². The summed E-state index contributed by atoms with van der Waals surface area (Å²) in [5.74, 6) is 0.392. The number of nitrogen functional groups attached to an aromatic ring is 1. The second kappa shape index (κ2) is 8.93. The minimum atomic E-state index is 0.312. The number of benzene rings is 1. The molecule has 0 aliphatic heterocycles. The highest BCUT2D eigenvalue weighted by Crippen LogP contribution is 2.23. The number of hydrogen-bond acceptors (Lipinski definition) is 6. The Hall–Kier alpha value is -3.22. The fourth-order valence-electron chi connectivity index (χ4n) is 2.83. The van der Waals surface area contributed by atoms with Crippen LogP contribution in [0.15, 0.2) is 36.2 Å². The van der Waals surface area contributed by atoms with Crippen molar-refractivity contribution in [1.82, 2.24) is 19.7 Å². The molecule has 0 aliphatic carbocycles. The van der Waals surface area contributed by atoms with Crippen molar-refractivity contribution in [3.05, 3.63) is 47.4 Å². The first-order chi connectivity index (χ1) is 13.0. The molecule has 7 nitrogen and oxygen atoms in total. The predicted octanol–water partition coefficient (Wildman–Crippen LogP) is 3.09. The van der Waals surface area contributed by atoms with Crippen LogP contribution >= 0.6 is 0 Å². The van der Waals surface area contributed by atoms with Crippen molar-refractivity contribution < 1.29 is 4.79 Å². The Morgan fingerprint density at radius 2 is 1.93 bits per heavy atom. The lowest BCUT2D eigenvalue weighted by Gasteiger charge is -2.15. The summed E-state index contributed by atoms with van der Waals surface area (Å²) in [6, 6.07) is 7.90. The minimum absolute atomic E-state index is 0.312. The van der Waals surface area contributed by atoms with Gasteiger partial charge in [-0.25, -0.2) is 14.6 Å². The van der Waals surface area contributed by atoms with Crippen LogP contribution in [0.3, 0.4) is 0 Å². The van der Waals surface area contributed by atoms with Gasteiger partial charge in [-0.2, -0.15) is 5.10 Å². The van der Waals surface area contributed by atoms with E-state index in [-0.39, 0.29) is 0 Å². The Kier molecular flexibility index (Phi) is 6.65. The van der Waals surface area contributed by atoms with Gasteiger partial charge in [0.1, 0.15) is 18.4 Å². The van der Waals surface area contributed by atoms with Crippen molar-refractivity contribution in [3.63, 3.8) is 0 Å². The Morgan fingerprint density at radius 1 is 1.22 bits per heavy atom. The molecule has 0 bridgehead atoms. The summed E-state index contributed by atoms with van der Waals surface area (Å²) in [6.07, 6.45) is 4.12. The van der Waals surface area contributed by atoms with Crippen LogP contribution in [0.25, 0.3) is 17.1 Å². The number of carbonyl (C=O) groups excluding carboxylic acids is 1. The lowest BCUT2D eigenvalue weighted by Crippen LogP contribution is -2.10. The van der Waals surface area contributed by atoms with E-state index in [1.807, 2.05) is 70.1 Å². The molecule has 2 heterocycles. The third-order valence-electron chi connectivity index (χ3n) is 3.98. The molecule has 3 rings (SSSR count). The lowest BCUT2D eigenvalue weighted by molar-refractivity contribution is -0.105. The SMILES string of the molecule is CC.Cc1nn(C/C(C=O)=C/c2ccccc2N(C)C)c2ncnc(N)c12. The van der Waals surface area contributed by atoms with Crippen molar-refractivity contribution in [3.8, 4) is 0 Å². The molecular formula is C20H26N6O. The maximum atomic E-state index is 11.6. The maximum absolute atomic E-state index is 11.6. The summed E-state index contributed by atoms with van der Waals surface area (Å²) in [5, 5.41) is 5.19. The van der Waals surface area contributed by atoms with Crippen molar-refractivity contribution in [2.45, 2.75) is 27.3 Å². The van der Waals surface area contributed by atoms with E-state index >= 15 is 0 Å². The summed E-state index contributed by atoms with van der Waals surface area (Å²) in [6.45, 7) is 6.16. The standard InChI is InChI=1S/C18H20N6O.C2H6/c1-12-16-17(19)20-11-21-18(16)24(22-12)9-13(10-25)8-14-6-4-5-7-15(14)23(2)3;1-2/h4-8,10-11H,9H2,1-3H3,(H2,19,20,21);1-2H3/b13-8-;. The third kappa shape index (κ3) is 4.31. The van der Waals surface area contributed by atoms with E-state index in [0.717, 1.165) is 28.6 Å². The van der Waals surface area contributed by atoms with Gasteiger partial charge in [0.05, 0.1) is 17.6 Å². The van der Waals surface area contributed by atoms with Crippen molar-refractivity contribution in [2.24, 2.45) is 0 Å². The van der Waals surface area contributed by atoms with Crippen LogP contribution in [0.5, 0.6) is 0 Å². The largest absolute Gasteiger partial charge is 0.383 e. The molecule has 0 unspecified atom stereocenters. The van der Waals surface area contributed by atoms with Gasteiger partial charge < -0.3 is 10.6 Å². The predicted molar refractivity (Wildman–Crippen MR) is 111 cm³/mol. The number of aromatic nitrogens is 4. The highest BCUT2D eigenvalue weighted by Gasteiger charge is 2.13. The summed E-state index contributed by atoms with van der Waals surface area (Å²) in [7, 11) is 3.94. The third-order valence-corrected chi connectivity index (χ3v) is 3.98. The van der Waals surface area contributed by atoms with Crippen LogP contribution < -0.4 is 10.6 Å². The molecule has 2 aromatic heterocycles. The first-order valence-electron chi connectivity index (χ1n) is 8.87. The molecule has 0 saturated carbocycles. The van der Waals surface area contributed by atoms with Crippen molar-refractivity contribution in [1.29, 1.82) is 0 Å². The quantitative estimate of drug-likeness (QED) is 0.551. The Morgan fingerprint density at radius 3 is 2.59 bits per heavy atom. The first-order valence-corrected chi connectivity index (χ1v) is 8.87. The van der Waals surface area contributed by atoms with Gasteiger partial charge in [-0.05, 0) is 24.6 Å². The van der Waals surface area contributed by atoms with Crippen LogP contribution in [0, 0.1) is 6.92 Å². The highest BCUT2D eigenvalue weighted by molar-refractivity contribution is 5.89. The number of aldehydes is 1. The summed E-state index contributed by atoms with van der Waals surface area (Å²) < 4.78 is 1.68. The van der Waals surface area contributed by atoms with Crippen molar-refractivity contribution in [2.75, 3.05) is 24.7 Å². The molecule has 3 aromatic rings. The zero-order chi connectivity index (χ0) is 20.0.